The Morgan fingerprint density at radius 1 is 1.10 bits per heavy atom. The van der Waals surface area contributed by atoms with Gasteiger partial charge in [-0.1, -0.05) is 0 Å². The molecular weight excluding hydrogens is 438 g/mol. The second kappa shape index (κ2) is 8.16. The first-order valence-corrected chi connectivity index (χ1v) is 9.34. The average Bonchev–Trinajstić information content (AvgIpc) is 3.08. The molecule has 2 aliphatic heterocycles. The van der Waals surface area contributed by atoms with Crippen molar-refractivity contribution >= 4 is 12.0 Å². The number of halogens is 6. The molecule has 0 saturated carbocycles. The zero-order chi connectivity index (χ0) is 23.0. The predicted molar refractivity (Wildman–Crippen MR) is 90.8 cm³/mol. The summed E-state index contributed by atoms with van der Waals surface area (Å²) in [4.78, 5) is 25.2. The normalized spacial score (nSPS) is 19.2. The lowest BCUT2D eigenvalue weighted by atomic mass is 9.89. The molecule has 15 heteroatoms. The van der Waals surface area contributed by atoms with E-state index in [1.807, 2.05) is 0 Å². The number of alkyl halides is 6. The minimum atomic E-state index is -5.78. The van der Waals surface area contributed by atoms with E-state index in [4.69, 9.17) is 0 Å². The highest BCUT2D eigenvalue weighted by Crippen LogP contribution is 2.36. The SMILES string of the molecule is CC1(NC(=O)c2nnc3n2CCNC3)CCN(C(=O)OC(C(F)(F)F)C(F)(F)F)CC1. The largest absolute Gasteiger partial charge is 0.434 e. The number of hydrogen-bond donors (Lipinski definition) is 2. The maximum atomic E-state index is 12.6. The van der Waals surface area contributed by atoms with Crippen molar-refractivity contribution in [2.24, 2.45) is 0 Å². The molecular formula is C16H20F6N6O3. The van der Waals surface area contributed by atoms with Gasteiger partial charge in [-0.25, -0.2) is 4.79 Å². The summed E-state index contributed by atoms with van der Waals surface area (Å²) in [6.45, 7) is 2.87. The number of carbonyl (C=O) groups is 2. The second-order valence-corrected chi connectivity index (χ2v) is 7.62. The zero-order valence-corrected chi connectivity index (χ0v) is 16.3. The molecule has 1 aromatic heterocycles. The van der Waals surface area contributed by atoms with Crippen molar-refractivity contribution in [3.8, 4) is 0 Å². The van der Waals surface area contributed by atoms with E-state index in [9.17, 15) is 35.9 Å². The van der Waals surface area contributed by atoms with E-state index in [-0.39, 0.29) is 31.8 Å². The van der Waals surface area contributed by atoms with Crippen LogP contribution in [0.2, 0.25) is 0 Å². The van der Waals surface area contributed by atoms with Gasteiger partial charge in [0.1, 0.15) is 5.82 Å². The number of piperidine rings is 1. The molecule has 3 heterocycles. The summed E-state index contributed by atoms with van der Waals surface area (Å²) in [7, 11) is 0. The number of aromatic nitrogens is 3. The molecule has 1 saturated heterocycles. The lowest BCUT2D eigenvalue weighted by molar-refractivity contribution is -0.308. The molecule has 0 atom stereocenters. The van der Waals surface area contributed by atoms with Gasteiger partial charge in [-0.15, -0.1) is 10.2 Å². The monoisotopic (exact) mass is 458 g/mol. The first kappa shape index (κ1) is 23.1. The van der Waals surface area contributed by atoms with Crippen LogP contribution in [0.5, 0.6) is 0 Å². The van der Waals surface area contributed by atoms with Crippen LogP contribution >= 0.6 is 0 Å². The Labute approximate surface area is 172 Å². The number of amides is 2. The molecule has 0 aliphatic carbocycles. The highest BCUT2D eigenvalue weighted by atomic mass is 19.4. The molecule has 1 fully saturated rings. The van der Waals surface area contributed by atoms with Crippen LogP contribution in [-0.2, 0) is 17.8 Å². The van der Waals surface area contributed by atoms with E-state index < -0.39 is 36.0 Å². The Morgan fingerprint density at radius 3 is 2.29 bits per heavy atom. The highest BCUT2D eigenvalue weighted by molar-refractivity contribution is 5.91. The molecule has 0 spiro atoms. The number of carbonyl (C=O) groups excluding carboxylic acids is 2. The Balaban J connectivity index is 1.58. The van der Waals surface area contributed by atoms with E-state index in [0.717, 1.165) is 4.90 Å². The standard InChI is InChI=1S/C16H20F6N6O3/c1-14(24-11(29)10-26-25-9-8-23-4-7-28(9)10)2-5-27(6-3-14)13(30)31-12(15(17,18)19)16(20,21)22/h12,23H,2-8H2,1H3,(H,24,29). The summed E-state index contributed by atoms with van der Waals surface area (Å²) in [5, 5.41) is 13.7. The predicted octanol–water partition coefficient (Wildman–Crippen LogP) is 1.60. The maximum absolute atomic E-state index is 12.6. The van der Waals surface area contributed by atoms with E-state index in [1.54, 1.807) is 11.5 Å². The van der Waals surface area contributed by atoms with Crippen molar-refractivity contribution in [3.05, 3.63) is 11.6 Å². The van der Waals surface area contributed by atoms with Crippen LogP contribution in [0.15, 0.2) is 0 Å². The van der Waals surface area contributed by atoms with Gasteiger partial charge in [0.15, 0.2) is 0 Å². The van der Waals surface area contributed by atoms with Crippen LogP contribution < -0.4 is 10.6 Å². The molecule has 0 bridgehead atoms. The summed E-state index contributed by atoms with van der Waals surface area (Å²) in [6, 6.07) is 0. The minimum Gasteiger partial charge on any atom is -0.426 e. The van der Waals surface area contributed by atoms with Crippen molar-refractivity contribution in [3.63, 3.8) is 0 Å². The Bertz CT molecular complexity index is 817. The van der Waals surface area contributed by atoms with Crippen molar-refractivity contribution in [1.82, 2.24) is 30.3 Å². The van der Waals surface area contributed by atoms with Crippen molar-refractivity contribution < 1.29 is 40.7 Å². The topological polar surface area (TPSA) is 101 Å². The lowest BCUT2D eigenvalue weighted by Crippen LogP contribution is -2.56. The van der Waals surface area contributed by atoms with E-state index in [2.05, 4.69) is 25.6 Å². The fourth-order valence-electron chi connectivity index (χ4n) is 3.39. The van der Waals surface area contributed by atoms with Crippen LogP contribution in [0.25, 0.3) is 0 Å². The Kier molecular flexibility index (Phi) is 6.08. The van der Waals surface area contributed by atoms with Gasteiger partial charge in [0.25, 0.3) is 12.0 Å². The summed E-state index contributed by atoms with van der Waals surface area (Å²) in [5.74, 6) is 0.203. The molecule has 0 aromatic carbocycles. The molecule has 1 aromatic rings. The van der Waals surface area contributed by atoms with Gasteiger partial charge >= 0.3 is 18.4 Å². The van der Waals surface area contributed by atoms with Gasteiger partial charge in [-0.05, 0) is 19.8 Å². The summed E-state index contributed by atoms with van der Waals surface area (Å²) < 4.78 is 80.9. The zero-order valence-electron chi connectivity index (χ0n) is 16.3. The number of nitrogens with zero attached hydrogens (tertiary/aromatic N) is 4. The van der Waals surface area contributed by atoms with E-state index in [0.29, 0.717) is 25.5 Å². The summed E-state index contributed by atoms with van der Waals surface area (Å²) in [6.07, 6.45) is -17.3. The first-order valence-electron chi connectivity index (χ1n) is 9.34. The molecule has 2 N–H and O–H groups in total. The smallest absolute Gasteiger partial charge is 0.426 e. The van der Waals surface area contributed by atoms with Crippen LogP contribution in [0.1, 0.15) is 36.2 Å². The Morgan fingerprint density at radius 2 is 1.71 bits per heavy atom. The number of nitrogens with one attached hydrogen (secondary N) is 2. The van der Waals surface area contributed by atoms with Gasteiger partial charge in [0, 0.05) is 31.7 Å². The van der Waals surface area contributed by atoms with Crippen LogP contribution in [0, 0.1) is 0 Å². The van der Waals surface area contributed by atoms with Crippen LogP contribution in [-0.4, -0.2) is 75.3 Å². The van der Waals surface area contributed by atoms with Crippen molar-refractivity contribution in [2.75, 3.05) is 19.6 Å². The van der Waals surface area contributed by atoms with Crippen molar-refractivity contribution in [2.45, 2.75) is 56.9 Å². The number of ether oxygens (including phenoxy) is 1. The first-order chi connectivity index (χ1) is 14.3. The van der Waals surface area contributed by atoms with Crippen LogP contribution in [0.3, 0.4) is 0 Å². The van der Waals surface area contributed by atoms with Gasteiger partial charge in [-0.2, -0.15) is 26.3 Å². The molecule has 3 rings (SSSR count). The fraction of sp³-hybridized carbons (Fsp3) is 0.750. The quantitative estimate of drug-likeness (QED) is 0.668. The maximum Gasteiger partial charge on any atom is 0.434 e. The molecule has 174 valence electrons. The van der Waals surface area contributed by atoms with E-state index in [1.165, 1.54) is 0 Å². The highest BCUT2D eigenvalue weighted by Gasteiger charge is 2.60. The third kappa shape index (κ3) is 5.19. The third-order valence-corrected chi connectivity index (χ3v) is 5.18. The molecule has 9 nitrogen and oxygen atoms in total. The van der Waals surface area contributed by atoms with E-state index >= 15 is 0 Å². The number of likely N-dealkylation sites (tertiary alicyclic amines) is 1. The summed E-state index contributed by atoms with van der Waals surface area (Å²) in [5.41, 5.74) is -0.847. The second-order valence-electron chi connectivity index (χ2n) is 7.62. The molecule has 2 amide bonds. The van der Waals surface area contributed by atoms with Gasteiger partial charge < -0.3 is 24.8 Å². The minimum absolute atomic E-state index is 0.0963. The van der Waals surface area contributed by atoms with Gasteiger partial charge in [0.2, 0.25) is 5.82 Å². The fourth-order valence-corrected chi connectivity index (χ4v) is 3.39. The summed E-state index contributed by atoms with van der Waals surface area (Å²) >= 11 is 0. The molecule has 31 heavy (non-hydrogen) atoms. The number of rotatable bonds is 3. The third-order valence-electron chi connectivity index (χ3n) is 5.18. The molecule has 0 radical (unpaired) electrons. The van der Waals surface area contributed by atoms with Crippen molar-refractivity contribution in [1.29, 1.82) is 0 Å². The molecule has 2 aliphatic rings. The van der Waals surface area contributed by atoms with Gasteiger partial charge in [0.05, 0.1) is 6.54 Å². The van der Waals surface area contributed by atoms with Crippen LogP contribution in [0.4, 0.5) is 31.1 Å². The number of fused-ring (bicyclic) bond motifs is 1. The lowest BCUT2D eigenvalue weighted by Gasteiger charge is -2.39. The van der Waals surface area contributed by atoms with Gasteiger partial charge in [-0.3, -0.25) is 4.79 Å². The number of hydrogen-bond acceptors (Lipinski definition) is 6. The Hall–Kier alpha value is -2.58. The average molecular weight is 458 g/mol. The molecule has 0 unspecified atom stereocenters.